The summed E-state index contributed by atoms with van der Waals surface area (Å²) in [7, 11) is 1.68. The van der Waals surface area contributed by atoms with Crippen molar-refractivity contribution >= 4 is 5.91 Å². The average molecular weight is 290 g/mol. The second kappa shape index (κ2) is 7.46. The fourth-order valence-electron chi connectivity index (χ4n) is 2.94. The molecule has 116 valence electrons. The maximum absolute atomic E-state index is 11.6. The van der Waals surface area contributed by atoms with Crippen molar-refractivity contribution in [2.45, 2.75) is 45.2 Å². The molecule has 2 unspecified atom stereocenters. The highest BCUT2D eigenvalue weighted by Gasteiger charge is 2.22. The Labute approximate surface area is 127 Å². The van der Waals surface area contributed by atoms with Crippen molar-refractivity contribution in [3.8, 4) is 5.75 Å². The predicted octanol–water partition coefficient (Wildman–Crippen LogP) is 2.23. The second-order valence-corrected chi connectivity index (χ2v) is 5.96. The van der Waals surface area contributed by atoms with E-state index in [0.29, 0.717) is 24.4 Å². The fraction of sp³-hybridized carbons (Fsp3) is 0.588. The number of hydrogen-bond donors (Lipinski definition) is 1. The summed E-state index contributed by atoms with van der Waals surface area (Å²) >= 11 is 0. The van der Waals surface area contributed by atoms with Crippen LogP contribution in [0.15, 0.2) is 24.3 Å². The molecule has 0 aliphatic carbocycles. The lowest BCUT2D eigenvalue weighted by atomic mass is 10.1. The lowest BCUT2D eigenvalue weighted by molar-refractivity contribution is -0.127. The summed E-state index contributed by atoms with van der Waals surface area (Å²) in [5, 5.41) is 3.58. The Bertz CT molecular complexity index is 458. The van der Waals surface area contributed by atoms with Gasteiger partial charge in [-0.05, 0) is 44.4 Å². The quantitative estimate of drug-likeness (QED) is 0.837. The third kappa shape index (κ3) is 4.74. The molecule has 1 amide bonds. The van der Waals surface area contributed by atoms with Crippen molar-refractivity contribution < 1.29 is 9.53 Å². The molecule has 0 aromatic heterocycles. The van der Waals surface area contributed by atoms with Crippen LogP contribution < -0.4 is 10.1 Å². The molecule has 1 aliphatic rings. The number of amides is 1. The van der Waals surface area contributed by atoms with E-state index in [1.807, 2.05) is 17.0 Å². The second-order valence-electron chi connectivity index (χ2n) is 5.96. The summed E-state index contributed by atoms with van der Waals surface area (Å²) in [6, 6.07) is 8.89. The third-order valence-corrected chi connectivity index (χ3v) is 3.94. The molecule has 1 aromatic carbocycles. The van der Waals surface area contributed by atoms with Crippen molar-refractivity contribution in [1.29, 1.82) is 0 Å². The van der Waals surface area contributed by atoms with Gasteiger partial charge in [-0.25, -0.2) is 0 Å². The third-order valence-electron chi connectivity index (χ3n) is 3.94. The molecule has 1 aliphatic heterocycles. The highest BCUT2D eigenvalue weighted by atomic mass is 16.5. The van der Waals surface area contributed by atoms with Crippen LogP contribution in [-0.2, 0) is 11.2 Å². The predicted molar refractivity (Wildman–Crippen MR) is 84.6 cm³/mol. The average Bonchev–Trinajstić information content (AvgIpc) is 2.84. The minimum atomic E-state index is 0.298. The van der Waals surface area contributed by atoms with Crippen LogP contribution in [0.3, 0.4) is 0 Å². The summed E-state index contributed by atoms with van der Waals surface area (Å²) in [5.74, 6) is 1.19. The summed E-state index contributed by atoms with van der Waals surface area (Å²) in [6.45, 7) is 6.06. The highest BCUT2D eigenvalue weighted by molar-refractivity contribution is 5.78. The van der Waals surface area contributed by atoms with Gasteiger partial charge in [0.05, 0.1) is 7.11 Å². The molecular formula is C17H26N2O2. The van der Waals surface area contributed by atoms with Gasteiger partial charge in [0.1, 0.15) is 5.75 Å². The minimum absolute atomic E-state index is 0.298. The summed E-state index contributed by atoms with van der Waals surface area (Å²) < 4.78 is 5.17. The first-order chi connectivity index (χ1) is 10.1. The lowest BCUT2D eigenvalue weighted by Crippen LogP contribution is -2.44. The molecule has 21 heavy (non-hydrogen) atoms. The van der Waals surface area contributed by atoms with Gasteiger partial charge in [-0.3, -0.25) is 4.79 Å². The first kappa shape index (κ1) is 15.8. The van der Waals surface area contributed by atoms with E-state index in [0.717, 1.165) is 31.7 Å². The van der Waals surface area contributed by atoms with Gasteiger partial charge in [-0.1, -0.05) is 12.1 Å². The van der Waals surface area contributed by atoms with Gasteiger partial charge in [0, 0.05) is 31.6 Å². The number of carbonyl (C=O) groups is 1. The van der Waals surface area contributed by atoms with Crippen LogP contribution in [0.25, 0.3) is 0 Å². The van der Waals surface area contributed by atoms with Crippen LogP contribution in [0.2, 0.25) is 0 Å². The Balaban J connectivity index is 1.77. The van der Waals surface area contributed by atoms with Crippen molar-refractivity contribution in [3.63, 3.8) is 0 Å². The number of likely N-dealkylation sites (tertiary alicyclic amines) is 1. The lowest BCUT2D eigenvalue weighted by Gasteiger charge is -2.25. The monoisotopic (exact) mass is 290 g/mol. The molecule has 0 saturated carbocycles. The first-order valence-corrected chi connectivity index (χ1v) is 7.75. The zero-order chi connectivity index (χ0) is 15.2. The van der Waals surface area contributed by atoms with Gasteiger partial charge in [0.15, 0.2) is 0 Å². The molecule has 2 atom stereocenters. The number of nitrogens with zero attached hydrogens (tertiary/aromatic N) is 1. The Morgan fingerprint density at radius 1 is 1.24 bits per heavy atom. The van der Waals surface area contributed by atoms with Gasteiger partial charge >= 0.3 is 0 Å². The van der Waals surface area contributed by atoms with Gasteiger partial charge in [0.25, 0.3) is 0 Å². The topological polar surface area (TPSA) is 41.6 Å². The largest absolute Gasteiger partial charge is 0.497 e. The molecule has 0 radical (unpaired) electrons. The van der Waals surface area contributed by atoms with E-state index in [2.05, 4.69) is 31.3 Å². The Kier molecular flexibility index (Phi) is 5.62. The first-order valence-electron chi connectivity index (χ1n) is 7.75. The smallest absolute Gasteiger partial charge is 0.222 e. The van der Waals surface area contributed by atoms with Gasteiger partial charge < -0.3 is 15.0 Å². The van der Waals surface area contributed by atoms with E-state index in [4.69, 9.17) is 4.74 Å². The fourth-order valence-corrected chi connectivity index (χ4v) is 2.94. The van der Waals surface area contributed by atoms with Crippen LogP contribution in [-0.4, -0.2) is 43.1 Å². The van der Waals surface area contributed by atoms with Crippen LogP contribution in [0, 0.1) is 0 Å². The Morgan fingerprint density at radius 3 is 2.52 bits per heavy atom. The summed E-state index contributed by atoms with van der Waals surface area (Å²) in [5.41, 5.74) is 1.29. The SMILES string of the molecule is COc1ccc(CC(C)NC(C)CN2CCCC2=O)cc1. The van der Waals surface area contributed by atoms with E-state index >= 15 is 0 Å². The number of rotatable bonds is 7. The number of carbonyl (C=O) groups excluding carboxylic acids is 1. The maximum Gasteiger partial charge on any atom is 0.222 e. The highest BCUT2D eigenvalue weighted by Crippen LogP contribution is 2.13. The van der Waals surface area contributed by atoms with Crippen LogP contribution >= 0.6 is 0 Å². The van der Waals surface area contributed by atoms with Crippen LogP contribution in [0.1, 0.15) is 32.3 Å². The molecule has 1 heterocycles. The number of ether oxygens (including phenoxy) is 1. The van der Waals surface area contributed by atoms with E-state index in [1.165, 1.54) is 5.56 Å². The summed E-state index contributed by atoms with van der Waals surface area (Å²) in [4.78, 5) is 13.6. The number of benzene rings is 1. The minimum Gasteiger partial charge on any atom is -0.497 e. The van der Waals surface area contributed by atoms with Crippen molar-refractivity contribution in [3.05, 3.63) is 29.8 Å². The Hall–Kier alpha value is -1.55. The normalized spacial score (nSPS) is 17.9. The van der Waals surface area contributed by atoms with Crippen molar-refractivity contribution in [1.82, 2.24) is 10.2 Å². The number of nitrogens with one attached hydrogen (secondary N) is 1. The van der Waals surface area contributed by atoms with Crippen molar-refractivity contribution in [2.75, 3.05) is 20.2 Å². The van der Waals surface area contributed by atoms with Gasteiger partial charge in [-0.15, -0.1) is 0 Å². The zero-order valence-electron chi connectivity index (χ0n) is 13.3. The molecule has 0 spiro atoms. The number of methoxy groups -OCH3 is 1. The molecule has 4 heteroatoms. The summed E-state index contributed by atoms with van der Waals surface area (Å²) in [6.07, 6.45) is 2.70. The maximum atomic E-state index is 11.6. The zero-order valence-corrected chi connectivity index (χ0v) is 13.3. The molecule has 2 rings (SSSR count). The number of hydrogen-bond acceptors (Lipinski definition) is 3. The molecule has 1 N–H and O–H groups in total. The van der Waals surface area contributed by atoms with Crippen LogP contribution in [0.5, 0.6) is 5.75 Å². The molecule has 4 nitrogen and oxygen atoms in total. The van der Waals surface area contributed by atoms with Gasteiger partial charge in [0.2, 0.25) is 5.91 Å². The molecule has 0 bridgehead atoms. The van der Waals surface area contributed by atoms with E-state index in [1.54, 1.807) is 7.11 Å². The molecular weight excluding hydrogens is 264 g/mol. The molecule has 1 aromatic rings. The van der Waals surface area contributed by atoms with Crippen molar-refractivity contribution in [2.24, 2.45) is 0 Å². The van der Waals surface area contributed by atoms with E-state index in [-0.39, 0.29) is 0 Å². The standard InChI is InChI=1S/C17H26N2O2/c1-13(11-15-6-8-16(21-3)9-7-15)18-14(2)12-19-10-4-5-17(19)20/h6-9,13-14,18H,4-5,10-12H2,1-3H3. The Morgan fingerprint density at radius 2 is 1.95 bits per heavy atom. The van der Waals surface area contributed by atoms with E-state index in [9.17, 15) is 4.79 Å². The molecule has 1 saturated heterocycles. The van der Waals surface area contributed by atoms with Gasteiger partial charge in [-0.2, -0.15) is 0 Å². The molecule has 1 fully saturated rings. The van der Waals surface area contributed by atoms with Crippen LogP contribution in [0.4, 0.5) is 0 Å². The van der Waals surface area contributed by atoms with E-state index < -0.39 is 0 Å².